The summed E-state index contributed by atoms with van der Waals surface area (Å²) < 4.78 is 7.53. The molecule has 2 aromatic heterocycles. The Labute approximate surface area is 130 Å². The van der Waals surface area contributed by atoms with Crippen LogP contribution in [-0.4, -0.2) is 15.7 Å². The van der Waals surface area contributed by atoms with E-state index in [9.17, 15) is 4.79 Å². The van der Waals surface area contributed by atoms with Crippen molar-refractivity contribution in [2.24, 2.45) is 12.5 Å². The average Bonchev–Trinajstić information content (AvgIpc) is 2.92. The number of hydrogen-bond donors (Lipinski definition) is 1. The van der Waals surface area contributed by atoms with Crippen LogP contribution < -0.4 is 5.32 Å². The summed E-state index contributed by atoms with van der Waals surface area (Å²) in [6.45, 7) is 8.28. The predicted molar refractivity (Wildman–Crippen MR) is 83.7 cm³/mol. The lowest BCUT2D eigenvalue weighted by molar-refractivity contribution is 0.0916. The highest BCUT2D eigenvalue weighted by molar-refractivity contribution is 5.95. The molecule has 0 fully saturated rings. The molecule has 1 aliphatic rings. The van der Waals surface area contributed by atoms with Crippen molar-refractivity contribution in [2.75, 3.05) is 0 Å². The number of aryl methyl sites for hydroxylation is 2. The van der Waals surface area contributed by atoms with Crippen LogP contribution in [0.25, 0.3) is 0 Å². The SMILES string of the molecule is Cc1cc2c(o1)CC(C)(C)C[C@@H]2NC(=O)c1cnn(C)c1C. The molecule has 22 heavy (non-hydrogen) atoms. The summed E-state index contributed by atoms with van der Waals surface area (Å²) in [6, 6.07) is 2.04. The minimum absolute atomic E-state index is 0.0108. The molecule has 1 N–H and O–H groups in total. The van der Waals surface area contributed by atoms with Crippen LogP contribution >= 0.6 is 0 Å². The van der Waals surface area contributed by atoms with E-state index in [1.165, 1.54) is 0 Å². The maximum absolute atomic E-state index is 12.6. The van der Waals surface area contributed by atoms with Gasteiger partial charge in [0.1, 0.15) is 11.5 Å². The fourth-order valence-corrected chi connectivity index (χ4v) is 3.27. The number of carbonyl (C=O) groups is 1. The molecule has 5 nitrogen and oxygen atoms in total. The largest absolute Gasteiger partial charge is 0.466 e. The molecule has 2 heterocycles. The van der Waals surface area contributed by atoms with E-state index in [1.807, 2.05) is 27.0 Å². The Bertz CT molecular complexity index is 724. The predicted octanol–water partition coefficient (Wildman–Crippen LogP) is 3.07. The Morgan fingerprint density at radius 2 is 2.18 bits per heavy atom. The summed E-state index contributed by atoms with van der Waals surface area (Å²) in [7, 11) is 1.84. The van der Waals surface area contributed by atoms with Gasteiger partial charge in [-0.3, -0.25) is 9.48 Å². The first kappa shape index (κ1) is 14.9. The molecule has 0 saturated heterocycles. The Balaban J connectivity index is 1.88. The van der Waals surface area contributed by atoms with Crippen molar-refractivity contribution in [3.8, 4) is 0 Å². The fraction of sp³-hybridized carbons (Fsp3) is 0.529. The summed E-state index contributed by atoms with van der Waals surface area (Å²) in [6.07, 6.45) is 3.44. The van der Waals surface area contributed by atoms with Crippen LogP contribution in [0.5, 0.6) is 0 Å². The van der Waals surface area contributed by atoms with Gasteiger partial charge in [0.25, 0.3) is 5.91 Å². The topological polar surface area (TPSA) is 60.1 Å². The minimum atomic E-state index is -0.0712. The number of rotatable bonds is 2. The number of hydrogen-bond acceptors (Lipinski definition) is 3. The van der Waals surface area contributed by atoms with Gasteiger partial charge >= 0.3 is 0 Å². The van der Waals surface area contributed by atoms with Gasteiger partial charge in [0.2, 0.25) is 0 Å². The second kappa shape index (κ2) is 5.00. The molecule has 0 bridgehead atoms. The van der Waals surface area contributed by atoms with Gasteiger partial charge in [0.15, 0.2) is 0 Å². The molecule has 0 aliphatic heterocycles. The number of furan rings is 1. The lowest BCUT2D eigenvalue weighted by Crippen LogP contribution is -2.36. The highest BCUT2D eigenvalue weighted by atomic mass is 16.3. The van der Waals surface area contributed by atoms with Crippen molar-refractivity contribution in [2.45, 2.75) is 46.6 Å². The van der Waals surface area contributed by atoms with Gasteiger partial charge in [-0.15, -0.1) is 0 Å². The number of nitrogens with zero attached hydrogens (tertiary/aromatic N) is 2. The second-order valence-corrected chi connectivity index (χ2v) is 7.07. The van der Waals surface area contributed by atoms with Gasteiger partial charge in [-0.05, 0) is 31.7 Å². The standard InChI is InChI=1S/C17H23N3O2/c1-10-6-12-14(7-17(3,4)8-15(12)22-10)19-16(21)13-9-18-20(5)11(13)2/h6,9,14H,7-8H2,1-5H3,(H,19,21)/t14-/m0/s1. The molecular formula is C17H23N3O2. The monoisotopic (exact) mass is 301 g/mol. The zero-order chi connectivity index (χ0) is 16.1. The molecule has 0 aromatic carbocycles. The van der Waals surface area contributed by atoms with E-state index in [0.717, 1.165) is 35.6 Å². The van der Waals surface area contributed by atoms with Gasteiger partial charge in [-0.25, -0.2) is 0 Å². The lowest BCUT2D eigenvalue weighted by Gasteiger charge is -2.34. The normalized spacial score (nSPS) is 19.8. The Hall–Kier alpha value is -2.04. The third-order valence-electron chi connectivity index (χ3n) is 4.52. The van der Waals surface area contributed by atoms with Gasteiger partial charge < -0.3 is 9.73 Å². The highest BCUT2D eigenvalue weighted by Crippen LogP contribution is 2.42. The van der Waals surface area contributed by atoms with Crippen LogP contribution in [0.4, 0.5) is 0 Å². The molecule has 0 spiro atoms. The van der Waals surface area contributed by atoms with E-state index >= 15 is 0 Å². The van der Waals surface area contributed by atoms with E-state index < -0.39 is 0 Å². The first-order valence-electron chi connectivity index (χ1n) is 7.65. The molecule has 5 heteroatoms. The summed E-state index contributed by atoms with van der Waals surface area (Å²) >= 11 is 0. The van der Waals surface area contributed by atoms with Gasteiger partial charge in [-0.1, -0.05) is 13.8 Å². The third kappa shape index (κ3) is 2.56. The maximum Gasteiger partial charge on any atom is 0.255 e. The summed E-state index contributed by atoms with van der Waals surface area (Å²) in [5.74, 6) is 1.83. The van der Waals surface area contributed by atoms with Crippen LogP contribution in [0.1, 0.15) is 59.4 Å². The van der Waals surface area contributed by atoms with Crippen LogP contribution in [0, 0.1) is 19.3 Å². The van der Waals surface area contributed by atoms with Crippen LogP contribution in [0.15, 0.2) is 16.7 Å². The second-order valence-electron chi connectivity index (χ2n) is 7.07. The van der Waals surface area contributed by atoms with Crippen molar-refractivity contribution < 1.29 is 9.21 Å². The van der Waals surface area contributed by atoms with Crippen molar-refractivity contribution >= 4 is 5.91 Å². The van der Waals surface area contributed by atoms with Crippen molar-refractivity contribution in [3.05, 3.63) is 40.6 Å². The van der Waals surface area contributed by atoms with Crippen LogP contribution in [0.3, 0.4) is 0 Å². The van der Waals surface area contributed by atoms with Gasteiger partial charge in [0, 0.05) is 24.7 Å². The van der Waals surface area contributed by atoms with Crippen LogP contribution in [0.2, 0.25) is 0 Å². The fourth-order valence-electron chi connectivity index (χ4n) is 3.27. The Morgan fingerprint density at radius 1 is 1.45 bits per heavy atom. The average molecular weight is 301 g/mol. The van der Waals surface area contributed by atoms with Gasteiger partial charge in [0.05, 0.1) is 17.8 Å². The molecule has 0 radical (unpaired) electrons. The highest BCUT2D eigenvalue weighted by Gasteiger charge is 2.35. The number of aromatic nitrogens is 2. The maximum atomic E-state index is 12.6. The summed E-state index contributed by atoms with van der Waals surface area (Å²) in [5, 5.41) is 7.31. The minimum Gasteiger partial charge on any atom is -0.466 e. The smallest absolute Gasteiger partial charge is 0.255 e. The number of fused-ring (bicyclic) bond motifs is 1. The molecular weight excluding hydrogens is 278 g/mol. The zero-order valence-corrected chi connectivity index (χ0v) is 13.9. The molecule has 1 amide bonds. The molecule has 118 valence electrons. The van der Waals surface area contributed by atoms with E-state index in [2.05, 4.69) is 24.3 Å². The molecule has 2 aromatic rings. The molecule has 0 unspecified atom stereocenters. The van der Waals surface area contributed by atoms with E-state index in [0.29, 0.717) is 5.56 Å². The van der Waals surface area contributed by atoms with E-state index in [1.54, 1.807) is 10.9 Å². The van der Waals surface area contributed by atoms with E-state index in [-0.39, 0.29) is 17.4 Å². The van der Waals surface area contributed by atoms with Gasteiger partial charge in [-0.2, -0.15) is 5.10 Å². The molecule has 1 aliphatic carbocycles. The zero-order valence-electron chi connectivity index (χ0n) is 13.9. The van der Waals surface area contributed by atoms with Crippen molar-refractivity contribution in [3.63, 3.8) is 0 Å². The Kier molecular flexibility index (Phi) is 3.38. The lowest BCUT2D eigenvalue weighted by atomic mass is 9.74. The van der Waals surface area contributed by atoms with Crippen LogP contribution in [-0.2, 0) is 13.5 Å². The van der Waals surface area contributed by atoms with Crippen molar-refractivity contribution in [1.29, 1.82) is 0 Å². The van der Waals surface area contributed by atoms with Crippen molar-refractivity contribution in [1.82, 2.24) is 15.1 Å². The third-order valence-corrected chi connectivity index (χ3v) is 4.52. The number of nitrogens with one attached hydrogen (secondary N) is 1. The quantitative estimate of drug-likeness (QED) is 0.927. The summed E-state index contributed by atoms with van der Waals surface area (Å²) in [4.78, 5) is 12.6. The molecule has 3 rings (SSSR count). The first-order chi connectivity index (χ1) is 10.3. The Morgan fingerprint density at radius 3 is 2.82 bits per heavy atom. The first-order valence-corrected chi connectivity index (χ1v) is 7.65. The molecule has 1 atom stereocenters. The number of amides is 1. The molecule has 0 saturated carbocycles. The van der Waals surface area contributed by atoms with E-state index in [4.69, 9.17) is 4.42 Å². The number of carbonyl (C=O) groups excluding carboxylic acids is 1. The summed E-state index contributed by atoms with van der Waals surface area (Å²) in [5.41, 5.74) is 2.73.